The van der Waals surface area contributed by atoms with E-state index in [1.54, 1.807) is 0 Å². The van der Waals surface area contributed by atoms with Gasteiger partial charge in [-0.05, 0) is 29.7 Å². The van der Waals surface area contributed by atoms with Crippen molar-refractivity contribution < 1.29 is 13.2 Å². The molecule has 0 bridgehead atoms. The van der Waals surface area contributed by atoms with Gasteiger partial charge >= 0.3 is 6.18 Å². The molecule has 2 rings (SSSR count). The molecule has 0 saturated heterocycles. The van der Waals surface area contributed by atoms with E-state index in [0.29, 0.717) is 9.24 Å². The zero-order chi connectivity index (χ0) is 14.0. The molecule has 1 aromatic carbocycles. The van der Waals surface area contributed by atoms with Gasteiger partial charge in [0.05, 0.1) is 5.56 Å². The molecule has 0 fully saturated rings. The number of halogens is 3. The zero-order valence-electron chi connectivity index (χ0n) is 9.23. The highest BCUT2D eigenvalue weighted by atomic mass is 32.2. The van der Waals surface area contributed by atoms with E-state index in [2.05, 4.69) is 9.36 Å². The first-order valence-corrected chi connectivity index (χ1v) is 6.47. The van der Waals surface area contributed by atoms with Gasteiger partial charge in [-0.1, -0.05) is 11.8 Å². The Morgan fingerprint density at radius 3 is 2.63 bits per heavy atom. The molecule has 0 radical (unpaired) electrons. The Hall–Kier alpha value is -1.61. The van der Waals surface area contributed by atoms with Crippen LogP contribution >= 0.6 is 23.3 Å². The Morgan fingerprint density at radius 2 is 2.11 bits per heavy atom. The van der Waals surface area contributed by atoms with Crippen molar-refractivity contribution in [2.24, 2.45) is 5.73 Å². The van der Waals surface area contributed by atoms with Gasteiger partial charge in [-0.15, -0.1) is 0 Å². The Bertz CT molecular complexity index is 595. The predicted molar refractivity (Wildman–Crippen MR) is 66.5 cm³/mol. The zero-order valence-corrected chi connectivity index (χ0v) is 10.9. The second kappa shape index (κ2) is 5.17. The number of alkyl halides is 3. The Balaban J connectivity index is 2.41. The van der Waals surface area contributed by atoms with Gasteiger partial charge in [0.2, 0.25) is 0 Å². The average Bonchev–Trinajstić information content (AvgIpc) is 2.80. The van der Waals surface area contributed by atoms with E-state index in [0.717, 1.165) is 29.4 Å². The van der Waals surface area contributed by atoms with Crippen LogP contribution in [0.5, 0.6) is 0 Å². The van der Waals surface area contributed by atoms with Crippen molar-refractivity contribution in [2.45, 2.75) is 15.4 Å². The summed E-state index contributed by atoms with van der Waals surface area (Å²) in [5.41, 5.74) is 3.91. The van der Waals surface area contributed by atoms with Crippen molar-refractivity contribution in [3.8, 4) is 0 Å². The fourth-order valence-electron chi connectivity index (χ4n) is 1.36. The predicted octanol–water partition coefficient (Wildman–Crippen LogP) is 2.99. The van der Waals surface area contributed by atoms with Crippen LogP contribution in [0.1, 0.15) is 11.1 Å². The molecule has 3 N–H and O–H groups in total. The summed E-state index contributed by atoms with van der Waals surface area (Å²) in [6.07, 6.45) is -3.22. The van der Waals surface area contributed by atoms with E-state index in [4.69, 9.17) is 11.1 Å². The van der Waals surface area contributed by atoms with Crippen LogP contribution in [0.4, 0.5) is 13.2 Å². The number of nitrogens with zero attached hydrogens (tertiary/aromatic N) is 2. The maximum atomic E-state index is 12.9. The molecule has 0 spiro atoms. The van der Waals surface area contributed by atoms with Crippen LogP contribution in [-0.4, -0.2) is 15.2 Å². The Morgan fingerprint density at radius 1 is 1.37 bits per heavy atom. The topological polar surface area (TPSA) is 75.7 Å². The molecule has 4 nitrogen and oxygen atoms in total. The highest BCUT2D eigenvalue weighted by molar-refractivity contribution is 8.01. The highest BCUT2D eigenvalue weighted by Crippen LogP contribution is 2.36. The van der Waals surface area contributed by atoms with Gasteiger partial charge in [-0.25, -0.2) is 4.98 Å². The molecule has 0 aliphatic rings. The fraction of sp³-hybridized carbons (Fsp3) is 0.100. The molecule has 19 heavy (non-hydrogen) atoms. The van der Waals surface area contributed by atoms with Crippen molar-refractivity contribution in [2.75, 3.05) is 0 Å². The van der Waals surface area contributed by atoms with Crippen molar-refractivity contribution in [3.63, 3.8) is 0 Å². The van der Waals surface area contributed by atoms with Crippen LogP contribution in [-0.2, 0) is 6.18 Å². The number of aromatic nitrogens is 2. The molecule has 0 aliphatic carbocycles. The molecule has 0 amide bonds. The smallest absolute Gasteiger partial charge is 0.384 e. The lowest BCUT2D eigenvalue weighted by molar-refractivity contribution is -0.137. The molecule has 9 heteroatoms. The standard InChI is InChI=1S/C10H7F3N4S2/c11-10(12,13)7-3-5(1-2-6(7)8(14)15)18-9-16-4-17-19-9/h1-4H,(H3,14,15). The second-order valence-electron chi connectivity index (χ2n) is 3.43. The van der Waals surface area contributed by atoms with E-state index in [-0.39, 0.29) is 5.56 Å². The van der Waals surface area contributed by atoms with E-state index >= 15 is 0 Å². The summed E-state index contributed by atoms with van der Waals surface area (Å²) < 4.78 is 43.0. The normalized spacial score (nSPS) is 11.5. The molecule has 2 aromatic rings. The minimum absolute atomic E-state index is 0.325. The summed E-state index contributed by atoms with van der Waals surface area (Å²) in [6.45, 7) is 0. The van der Waals surface area contributed by atoms with Gasteiger partial charge in [0, 0.05) is 10.5 Å². The van der Waals surface area contributed by atoms with E-state index in [1.165, 1.54) is 18.5 Å². The Kier molecular flexibility index (Phi) is 3.76. The number of rotatable bonds is 3. The number of nitrogens with one attached hydrogen (secondary N) is 1. The van der Waals surface area contributed by atoms with E-state index < -0.39 is 17.6 Å². The van der Waals surface area contributed by atoms with Gasteiger partial charge in [-0.3, -0.25) is 5.41 Å². The molecular weight excluding hydrogens is 297 g/mol. The minimum atomic E-state index is -4.56. The lowest BCUT2D eigenvalue weighted by atomic mass is 10.1. The third-order valence-electron chi connectivity index (χ3n) is 2.13. The SMILES string of the molecule is N=C(N)c1ccc(Sc2ncns2)cc1C(F)(F)F. The summed E-state index contributed by atoms with van der Waals surface area (Å²) >= 11 is 2.17. The summed E-state index contributed by atoms with van der Waals surface area (Å²) in [5.74, 6) is -0.611. The Labute approximate surface area is 114 Å². The maximum Gasteiger partial charge on any atom is 0.417 e. The number of hydrogen-bond acceptors (Lipinski definition) is 5. The fourth-order valence-corrected chi connectivity index (χ4v) is 2.82. The summed E-state index contributed by atoms with van der Waals surface area (Å²) in [5, 5.41) is 7.17. The summed E-state index contributed by atoms with van der Waals surface area (Å²) in [7, 11) is 0. The van der Waals surface area contributed by atoms with Gasteiger partial charge in [0.15, 0.2) is 4.34 Å². The molecule has 1 heterocycles. The van der Waals surface area contributed by atoms with E-state index in [1.807, 2.05) is 0 Å². The van der Waals surface area contributed by atoms with Crippen molar-refractivity contribution >= 4 is 29.1 Å². The van der Waals surface area contributed by atoms with Crippen LogP contribution in [0.25, 0.3) is 0 Å². The monoisotopic (exact) mass is 304 g/mol. The van der Waals surface area contributed by atoms with Crippen LogP contribution in [0.15, 0.2) is 33.8 Å². The number of amidine groups is 1. The van der Waals surface area contributed by atoms with Gasteiger partial charge in [0.25, 0.3) is 0 Å². The molecule has 100 valence electrons. The van der Waals surface area contributed by atoms with Crippen molar-refractivity contribution in [3.05, 3.63) is 35.7 Å². The summed E-state index contributed by atoms with van der Waals surface area (Å²) in [4.78, 5) is 4.25. The van der Waals surface area contributed by atoms with Crippen molar-refractivity contribution in [1.82, 2.24) is 9.36 Å². The lowest BCUT2D eigenvalue weighted by Crippen LogP contribution is -2.18. The second-order valence-corrected chi connectivity index (χ2v) is 5.53. The first-order chi connectivity index (χ1) is 8.88. The first kappa shape index (κ1) is 13.8. The third-order valence-corrected chi connectivity index (χ3v) is 3.84. The maximum absolute atomic E-state index is 12.9. The number of nitrogen functional groups attached to an aromatic ring is 1. The largest absolute Gasteiger partial charge is 0.417 e. The van der Waals surface area contributed by atoms with E-state index in [9.17, 15) is 13.2 Å². The molecule has 0 aliphatic heterocycles. The van der Waals surface area contributed by atoms with Crippen LogP contribution in [0.2, 0.25) is 0 Å². The van der Waals surface area contributed by atoms with Crippen LogP contribution in [0, 0.1) is 5.41 Å². The third kappa shape index (κ3) is 3.24. The summed E-state index contributed by atoms with van der Waals surface area (Å²) in [6, 6.07) is 3.62. The molecule has 0 unspecified atom stereocenters. The van der Waals surface area contributed by atoms with Gasteiger partial charge in [0.1, 0.15) is 12.2 Å². The molecular formula is C10H7F3N4S2. The molecule has 0 atom stereocenters. The van der Waals surface area contributed by atoms with Crippen molar-refractivity contribution in [1.29, 1.82) is 5.41 Å². The van der Waals surface area contributed by atoms with Gasteiger partial charge < -0.3 is 5.73 Å². The molecule has 0 saturated carbocycles. The number of hydrogen-bond donors (Lipinski definition) is 2. The lowest BCUT2D eigenvalue weighted by Gasteiger charge is -2.13. The molecule has 1 aromatic heterocycles. The minimum Gasteiger partial charge on any atom is -0.384 e. The highest BCUT2D eigenvalue weighted by Gasteiger charge is 2.34. The quantitative estimate of drug-likeness (QED) is 0.675. The van der Waals surface area contributed by atoms with Gasteiger partial charge in [-0.2, -0.15) is 17.5 Å². The number of nitrogens with two attached hydrogens (primary N) is 1. The van der Waals surface area contributed by atoms with Crippen LogP contribution < -0.4 is 5.73 Å². The van der Waals surface area contributed by atoms with Crippen LogP contribution in [0.3, 0.4) is 0 Å². The number of benzene rings is 1. The first-order valence-electron chi connectivity index (χ1n) is 4.88. The average molecular weight is 304 g/mol.